The van der Waals surface area contributed by atoms with Crippen molar-refractivity contribution >= 4 is 5.91 Å². The Hall–Kier alpha value is -2.31. The van der Waals surface area contributed by atoms with E-state index in [-0.39, 0.29) is 17.9 Å². The molecule has 1 aliphatic rings. The summed E-state index contributed by atoms with van der Waals surface area (Å²) in [5.74, 6) is 0.573. The Labute approximate surface area is 150 Å². The lowest BCUT2D eigenvalue weighted by molar-refractivity contribution is -0.137. The molecule has 26 heavy (non-hydrogen) atoms. The summed E-state index contributed by atoms with van der Waals surface area (Å²) >= 11 is 0. The monoisotopic (exact) mass is 365 g/mol. The number of aromatic nitrogens is 2. The van der Waals surface area contributed by atoms with Crippen LogP contribution >= 0.6 is 0 Å². The van der Waals surface area contributed by atoms with Gasteiger partial charge in [0.25, 0.3) is 5.91 Å². The van der Waals surface area contributed by atoms with Crippen molar-refractivity contribution < 1.29 is 18.0 Å². The first-order chi connectivity index (χ1) is 12.3. The van der Waals surface area contributed by atoms with Gasteiger partial charge < -0.3 is 9.88 Å². The van der Waals surface area contributed by atoms with Gasteiger partial charge in [-0.15, -0.1) is 0 Å². The highest BCUT2D eigenvalue weighted by Gasteiger charge is 2.31. The molecule has 140 valence electrons. The van der Waals surface area contributed by atoms with Crippen molar-refractivity contribution in [3.63, 3.8) is 0 Å². The Morgan fingerprint density at radius 1 is 1.42 bits per heavy atom. The predicted octanol–water partition coefficient (Wildman–Crippen LogP) is 4.16. The third kappa shape index (κ3) is 3.92. The quantitative estimate of drug-likeness (QED) is 0.884. The summed E-state index contributed by atoms with van der Waals surface area (Å²) in [5.41, 5.74) is 0.412. The van der Waals surface area contributed by atoms with Crippen LogP contribution in [0, 0.1) is 0 Å². The SMILES string of the molecule is CC[C@@H](C)NC(=O)c1cn2c(n1)CC[C@H](c1cccc(C(F)(F)F)c1)C2. The Kier molecular flexibility index (Phi) is 5.07. The van der Waals surface area contributed by atoms with E-state index in [0.717, 1.165) is 18.3 Å². The topological polar surface area (TPSA) is 46.9 Å². The lowest BCUT2D eigenvalue weighted by atomic mass is 9.90. The molecule has 0 aliphatic carbocycles. The normalized spacial score (nSPS) is 18.3. The lowest BCUT2D eigenvalue weighted by Crippen LogP contribution is -2.32. The number of amides is 1. The molecule has 4 nitrogen and oxygen atoms in total. The largest absolute Gasteiger partial charge is 0.416 e. The molecule has 0 radical (unpaired) electrons. The highest BCUT2D eigenvalue weighted by Crippen LogP contribution is 2.34. The van der Waals surface area contributed by atoms with Crippen LogP contribution in [0.1, 0.15) is 60.0 Å². The van der Waals surface area contributed by atoms with E-state index >= 15 is 0 Å². The second-order valence-corrected chi connectivity index (χ2v) is 6.84. The van der Waals surface area contributed by atoms with Crippen molar-refractivity contribution in [3.05, 3.63) is 53.1 Å². The van der Waals surface area contributed by atoms with Gasteiger partial charge in [-0.3, -0.25) is 4.79 Å². The fourth-order valence-electron chi connectivity index (χ4n) is 3.19. The van der Waals surface area contributed by atoms with Crippen molar-refractivity contribution in [2.45, 2.75) is 57.8 Å². The van der Waals surface area contributed by atoms with Crippen molar-refractivity contribution in [3.8, 4) is 0 Å². The zero-order valence-corrected chi connectivity index (χ0v) is 14.8. The number of hydrogen-bond donors (Lipinski definition) is 1. The van der Waals surface area contributed by atoms with E-state index < -0.39 is 11.7 Å². The number of halogens is 3. The van der Waals surface area contributed by atoms with Gasteiger partial charge in [0.2, 0.25) is 0 Å². The molecule has 0 saturated heterocycles. The molecule has 1 aromatic carbocycles. The van der Waals surface area contributed by atoms with Crippen molar-refractivity contribution in [2.75, 3.05) is 0 Å². The molecular formula is C19H22F3N3O. The smallest absolute Gasteiger partial charge is 0.348 e. The second kappa shape index (κ2) is 7.13. The number of fused-ring (bicyclic) bond motifs is 1. The van der Waals surface area contributed by atoms with Crippen LogP contribution in [0.15, 0.2) is 30.5 Å². The number of carbonyl (C=O) groups is 1. The number of benzene rings is 1. The minimum Gasteiger partial charge on any atom is -0.348 e. The molecule has 0 unspecified atom stereocenters. The number of rotatable bonds is 4. The van der Waals surface area contributed by atoms with E-state index in [9.17, 15) is 18.0 Å². The van der Waals surface area contributed by atoms with Gasteiger partial charge in [0, 0.05) is 31.1 Å². The van der Waals surface area contributed by atoms with E-state index in [4.69, 9.17) is 0 Å². The third-order valence-electron chi connectivity index (χ3n) is 4.90. The molecule has 2 aromatic rings. The maximum Gasteiger partial charge on any atom is 0.416 e. The Morgan fingerprint density at radius 2 is 2.19 bits per heavy atom. The molecule has 1 N–H and O–H groups in total. The average molecular weight is 365 g/mol. The molecule has 1 amide bonds. The van der Waals surface area contributed by atoms with E-state index in [1.54, 1.807) is 12.3 Å². The summed E-state index contributed by atoms with van der Waals surface area (Å²) in [6.07, 6.45) is -0.460. The molecule has 2 atom stereocenters. The summed E-state index contributed by atoms with van der Waals surface area (Å²) in [7, 11) is 0. The van der Waals surface area contributed by atoms with Crippen LogP contribution in [0.2, 0.25) is 0 Å². The zero-order valence-electron chi connectivity index (χ0n) is 14.8. The van der Waals surface area contributed by atoms with E-state index in [1.165, 1.54) is 12.1 Å². The van der Waals surface area contributed by atoms with Gasteiger partial charge in [-0.05, 0) is 31.4 Å². The van der Waals surface area contributed by atoms with Gasteiger partial charge in [-0.1, -0.05) is 25.1 Å². The fourth-order valence-corrected chi connectivity index (χ4v) is 3.19. The Bertz CT molecular complexity index is 798. The summed E-state index contributed by atoms with van der Waals surface area (Å²) in [4.78, 5) is 16.6. The third-order valence-corrected chi connectivity index (χ3v) is 4.90. The molecule has 7 heteroatoms. The van der Waals surface area contributed by atoms with Crippen LogP contribution < -0.4 is 5.32 Å². The van der Waals surface area contributed by atoms with Crippen molar-refractivity contribution in [2.24, 2.45) is 0 Å². The first kappa shape index (κ1) is 18.5. The molecule has 2 heterocycles. The first-order valence-electron chi connectivity index (χ1n) is 8.82. The van der Waals surface area contributed by atoms with Gasteiger partial charge in [-0.2, -0.15) is 13.2 Å². The number of aryl methyl sites for hydroxylation is 1. The van der Waals surface area contributed by atoms with Gasteiger partial charge in [0.1, 0.15) is 11.5 Å². The summed E-state index contributed by atoms with van der Waals surface area (Å²) in [6, 6.07) is 5.57. The highest BCUT2D eigenvalue weighted by atomic mass is 19.4. The fraction of sp³-hybridized carbons (Fsp3) is 0.474. The Morgan fingerprint density at radius 3 is 2.88 bits per heavy atom. The van der Waals surface area contributed by atoms with Gasteiger partial charge in [0.05, 0.1) is 5.56 Å². The predicted molar refractivity (Wildman–Crippen MR) is 92.0 cm³/mol. The van der Waals surface area contributed by atoms with Crippen molar-refractivity contribution in [1.82, 2.24) is 14.9 Å². The maximum atomic E-state index is 12.9. The standard InChI is InChI=1S/C19H22F3N3O/c1-3-12(2)23-18(26)16-11-25-10-14(7-8-17(25)24-16)13-5-4-6-15(9-13)19(20,21)22/h4-6,9,11-12,14H,3,7-8,10H2,1-2H3,(H,23,26)/t12-,14+/m1/s1. The van der Waals surface area contributed by atoms with Gasteiger partial charge in [0.15, 0.2) is 0 Å². The zero-order chi connectivity index (χ0) is 18.9. The highest BCUT2D eigenvalue weighted by molar-refractivity contribution is 5.92. The number of imidazole rings is 1. The minimum atomic E-state index is -4.34. The summed E-state index contributed by atoms with van der Waals surface area (Å²) in [5, 5.41) is 2.88. The van der Waals surface area contributed by atoms with Gasteiger partial charge in [-0.25, -0.2) is 4.98 Å². The lowest BCUT2D eigenvalue weighted by Gasteiger charge is -2.24. The molecular weight excluding hydrogens is 343 g/mol. The van der Waals surface area contributed by atoms with Crippen LogP contribution in [0.5, 0.6) is 0 Å². The van der Waals surface area contributed by atoms with Crippen LogP contribution in [0.25, 0.3) is 0 Å². The van der Waals surface area contributed by atoms with E-state index in [1.807, 2.05) is 18.4 Å². The number of nitrogens with one attached hydrogen (secondary N) is 1. The maximum absolute atomic E-state index is 12.9. The van der Waals surface area contributed by atoms with E-state index in [0.29, 0.717) is 30.6 Å². The minimum absolute atomic E-state index is 0.0236. The second-order valence-electron chi connectivity index (χ2n) is 6.84. The molecule has 0 spiro atoms. The van der Waals surface area contributed by atoms with Crippen LogP contribution in [-0.2, 0) is 19.1 Å². The molecule has 3 rings (SSSR count). The van der Waals surface area contributed by atoms with Gasteiger partial charge >= 0.3 is 6.18 Å². The molecule has 0 bridgehead atoms. The van der Waals surface area contributed by atoms with E-state index in [2.05, 4.69) is 10.3 Å². The summed E-state index contributed by atoms with van der Waals surface area (Å²) in [6.45, 7) is 4.45. The molecule has 1 aliphatic heterocycles. The summed E-state index contributed by atoms with van der Waals surface area (Å²) < 4.78 is 40.7. The number of nitrogens with zero attached hydrogens (tertiary/aromatic N) is 2. The first-order valence-corrected chi connectivity index (χ1v) is 8.82. The van der Waals surface area contributed by atoms with Crippen molar-refractivity contribution in [1.29, 1.82) is 0 Å². The average Bonchev–Trinajstić information content (AvgIpc) is 3.04. The van der Waals surface area contributed by atoms with Crippen LogP contribution in [-0.4, -0.2) is 21.5 Å². The number of alkyl halides is 3. The Balaban J connectivity index is 1.77. The van der Waals surface area contributed by atoms with Crippen LogP contribution in [0.4, 0.5) is 13.2 Å². The molecule has 0 saturated carbocycles. The molecule has 1 aromatic heterocycles. The molecule has 0 fully saturated rings. The van der Waals surface area contributed by atoms with Crippen LogP contribution in [0.3, 0.4) is 0 Å². The number of hydrogen-bond acceptors (Lipinski definition) is 2. The number of carbonyl (C=O) groups excluding carboxylic acids is 1.